The molecule has 44 heavy (non-hydrogen) atoms. The van der Waals surface area contributed by atoms with Crippen molar-refractivity contribution < 1.29 is 23.1 Å². The lowest BCUT2D eigenvalue weighted by molar-refractivity contribution is -0.107. The number of rotatable bonds is 9. The van der Waals surface area contributed by atoms with Gasteiger partial charge in [-0.1, -0.05) is 12.1 Å². The monoisotopic (exact) mass is 595 g/mol. The second-order valence-corrected chi connectivity index (χ2v) is 9.78. The molecule has 10 heteroatoms. The Balaban J connectivity index is 0.000000217. The number of hydrogen-bond acceptors (Lipinski definition) is 6. The predicted octanol–water partition coefficient (Wildman–Crippen LogP) is 7.74. The SMILES string of the molecule is C/C(=C/C=C(\C)C=O)N(C=O)c1ccc(F)cc1.CNc1ccc(Oc2cc3cn[nH]c3cc2-c2ccc(C)nc2)c(F)c1. The molecule has 0 unspecified atom stereocenters. The molecule has 0 radical (unpaired) electrons. The number of amides is 1. The van der Waals surface area contributed by atoms with Gasteiger partial charge in [0.05, 0.1) is 11.7 Å². The fraction of sp³-hybridized carbons (Fsp3) is 0.118. The molecule has 2 heterocycles. The van der Waals surface area contributed by atoms with Crippen molar-refractivity contribution in [3.8, 4) is 22.6 Å². The second kappa shape index (κ2) is 14.5. The fourth-order valence-electron chi connectivity index (χ4n) is 4.09. The molecule has 0 aliphatic carbocycles. The number of nitrogens with one attached hydrogen (secondary N) is 2. The number of hydrogen-bond donors (Lipinski definition) is 2. The number of aryl methyl sites for hydroxylation is 1. The normalized spacial score (nSPS) is 11.4. The number of carbonyl (C=O) groups is 2. The number of ether oxygens (including phenoxy) is 1. The van der Waals surface area contributed by atoms with Crippen LogP contribution in [0.15, 0.2) is 103 Å². The quantitative estimate of drug-likeness (QED) is 0.103. The standard InChI is InChI=1S/C20H17FN4O.C14H14FNO2/c1-12-3-4-13(10-23-12)16-9-18-14(11-24-25-18)7-20(16)26-19-6-5-15(22-2)8-17(19)21;1-11(9-17)3-4-12(2)16(10-18)14-7-5-13(15)6-8-14/h3-11,22H,1-2H3,(H,24,25);3-10H,1-2H3/b;11-3+,12-4-. The maximum atomic E-state index is 14.4. The van der Waals surface area contributed by atoms with Gasteiger partial charge in [-0.2, -0.15) is 5.10 Å². The number of H-pyrrole nitrogens is 1. The Morgan fingerprint density at radius 2 is 1.70 bits per heavy atom. The summed E-state index contributed by atoms with van der Waals surface area (Å²) in [7, 11) is 1.74. The van der Waals surface area contributed by atoms with Gasteiger partial charge in [-0.15, -0.1) is 0 Å². The molecule has 0 aliphatic heterocycles. The number of allylic oxidation sites excluding steroid dienone is 4. The molecule has 3 aromatic carbocycles. The summed E-state index contributed by atoms with van der Waals surface area (Å²) in [6, 6.07) is 18.0. The number of aromatic nitrogens is 3. The lowest BCUT2D eigenvalue weighted by atomic mass is 10.0. The van der Waals surface area contributed by atoms with Crippen molar-refractivity contribution in [1.29, 1.82) is 0 Å². The summed E-state index contributed by atoms with van der Waals surface area (Å²) >= 11 is 0. The van der Waals surface area contributed by atoms with Crippen molar-refractivity contribution in [2.45, 2.75) is 20.8 Å². The molecule has 2 aromatic heterocycles. The molecule has 8 nitrogen and oxygen atoms in total. The van der Waals surface area contributed by atoms with Crippen LogP contribution in [0.5, 0.6) is 11.5 Å². The number of carbonyl (C=O) groups excluding carboxylic acids is 2. The number of anilines is 2. The highest BCUT2D eigenvalue weighted by Crippen LogP contribution is 2.37. The number of aldehydes is 1. The van der Waals surface area contributed by atoms with Crippen molar-refractivity contribution in [2.24, 2.45) is 0 Å². The Labute approximate surface area is 253 Å². The summed E-state index contributed by atoms with van der Waals surface area (Å²) < 4.78 is 33.1. The predicted molar refractivity (Wildman–Crippen MR) is 169 cm³/mol. The number of fused-ring (bicyclic) bond motifs is 1. The van der Waals surface area contributed by atoms with Crippen LogP contribution in [0.1, 0.15) is 19.5 Å². The van der Waals surface area contributed by atoms with Crippen LogP contribution in [-0.2, 0) is 9.59 Å². The minimum atomic E-state index is -0.433. The van der Waals surface area contributed by atoms with E-state index in [4.69, 9.17) is 4.74 Å². The Hall–Kier alpha value is -5.64. The zero-order chi connectivity index (χ0) is 31.6. The molecule has 5 aromatic rings. The van der Waals surface area contributed by atoms with Crippen LogP contribution in [0.25, 0.3) is 22.0 Å². The van der Waals surface area contributed by atoms with Crippen LogP contribution in [0, 0.1) is 18.6 Å². The molecule has 5 rings (SSSR count). The zero-order valence-corrected chi connectivity index (χ0v) is 24.6. The smallest absolute Gasteiger partial charge is 0.218 e. The topological polar surface area (TPSA) is 100 Å². The Kier molecular flexibility index (Phi) is 10.3. The minimum absolute atomic E-state index is 0.160. The van der Waals surface area contributed by atoms with Gasteiger partial charge in [-0.05, 0) is 87.0 Å². The molecule has 0 saturated heterocycles. The van der Waals surface area contributed by atoms with Crippen molar-refractivity contribution >= 4 is 35.0 Å². The van der Waals surface area contributed by atoms with Gasteiger partial charge in [-0.25, -0.2) is 8.78 Å². The van der Waals surface area contributed by atoms with Gasteiger partial charge < -0.3 is 10.1 Å². The third kappa shape index (κ3) is 7.80. The van der Waals surface area contributed by atoms with Gasteiger partial charge in [0, 0.05) is 58.6 Å². The second-order valence-electron chi connectivity index (χ2n) is 9.78. The summed E-state index contributed by atoms with van der Waals surface area (Å²) in [5, 5.41) is 10.8. The van der Waals surface area contributed by atoms with Crippen molar-refractivity contribution in [3.63, 3.8) is 0 Å². The molecule has 0 fully saturated rings. The van der Waals surface area contributed by atoms with E-state index in [0.717, 1.165) is 34.0 Å². The Morgan fingerprint density at radius 3 is 2.34 bits per heavy atom. The number of pyridine rings is 1. The first-order chi connectivity index (χ1) is 21.2. The third-order valence-corrected chi connectivity index (χ3v) is 6.57. The van der Waals surface area contributed by atoms with Crippen molar-refractivity contribution in [2.75, 3.05) is 17.3 Å². The molecule has 0 bridgehead atoms. The molecule has 2 N–H and O–H groups in total. The van der Waals surface area contributed by atoms with Crippen LogP contribution in [0.2, 0.25) is 0 Å². The van der Waals surface area contributed by atoms with Gasteiger partial charge in [0.25, 0.3) is 0 Å². The van der Waals surface area contributed by atoms with Gasteiger partial charge in [0.15, 0.2) is 11.6 Å². The summed E-state index contributed by atoms with van der Waals surface area (Å²) in [6.45, 7) is 5.32. The maximum absolute atomic E-state index is 14.4. The highest BCUT2D eigenvalue weighted by atomic mass is 19.1. The van der Waals surface area contributed by atoms with Gasteiger partial charge >= 0.3 is 0 Å². The van der Waals surface area contributed by atoms with Crippen molar-refractivity contribution in [1.82, 2.24) is 15.2 Å². The van der Waals surface area contributed by atoms with Crippen LogP contribution in [0.3, 0.4) is 0 Å². The number of aromatic amines is 1. The first-order valence-electron chi connectivity index (χ1n) is 13.6. The molecule has 1 amide bonds. The summed E-state index contributed by atoms with van der Waals surface area (Å²) in [6.07, 6.45) is 8.12. The van der Waals surface area contributed by atoms with Crippen LogP contribution in [0.4, 0.5) is 20.2 Å². The molecule has 0 atom stereocenters. The van der Waals surface area contributed by atoms with E-state index in [1.807, 2.05) is 31.2 Å². The molecule has 0 spiro atoms. The Bertz CT molecular complexity index is 1810. The minimum Gasteiger partial charge on any atom is -0.454 e. The third-order valence-electron chi connectivity index (χ3n) is 6.57. The van der Waals surface area contributed by atoms with Crippen LogP contribution >= 0.6 is 0 Å². The largest absolute Gasteiger partial charge is 0.454 e. The van der Waals surface area contributed by atoms with Crippen molar-refractivity contribution in [3.05, 3.63) is 120 Å². The molecule has 224 valence electrons. The fourth-order valence-corrected chi connectivity index (χ4v) is 4.09. The molecular formula is C34H31F2N5O3. The highest BCUT2D eigenvalue weighted by molar-refractivity contribution is 5.88. The average molecular weight is 596 g/mol. The summed E-state index contributed by atoms with van der Waals surface area (Å²) in [4.78, 5) is 27.2. The lowest BCUT2D eigenvalue weighted by Crippen LogP contribution is -2.18. The first kappa shape index (κ1) is 31.3. The molecule has 0 saturated carbocycles. The maximum Gasteiger partial charge on any atom is 0.218 e. The van der Waals surface area contributed by atoms with E-state index in [1.54, 1.807) is 57.6 Å². The van der Waals surface area contributed by atoms with Crippen LogP contribution in [-0.4, -0.2) is 34.9 Å². The summed E-state index contributed by atoms with van der Waals surface area (Å²) in [5.41, 5.74) is 5.93. The molecular weight excluding hydrogens is 564 g/mol. The molecule has 0 aliphatic rings. The average Bonchev–Trinajstić information content (AvgIpc) is 3.50. The summed E-state index contributed by atoms with van der Waals surface area (Å²) in [5.74, 6) is -0.0890. The van der Waals surface area contributed by atoms with E-state index in [-0.39, 0.29) is 11.6 Å². The highest BCUT2D eigenvalue weighted by Gasteiger charge is 2.14. The van der Waals surface area contributed by atoms with E-state index in [2.05, 4.69) is 20.5 Å². The van der Waals surface area contributed by atoms with Gasteiger partial charge in [-0.3, -0.25) is 24.6 Å². The van der Waals surface area contributed by atoms with E-state index in [1.165, 1.54) is 35.2 Å². The van der Waals surface area contributed by atoms with Gasteiger partial charge in [0.1, 0.15) is 17.9 Å². The van der Waals surface area contributed by atoms with E-state index in [0.29, 0.717) is 34.8 Å². The van der Waals surface area contributed by atoms with Gasteiger partial charge in [0.2, 0.25) is 6.41 Å². The van der Waals surface area contributed by atoms with E-state index >= 15 is 0 Å². The van der Waals surface area contributed by atoms with E-state index < -0.39 is 5.82 Å². The Morgan fingerprint density at radius 1 is 0.932 bits per heavy atom. The van der Waals surface area contributed by atoms with E-state index in [9.17, 15) is 18.4 Å². The zero-order valence-electron chi connectivity index (χ0n) is 24.6. The van der Waals surface area contributed by atoms with Crippen LogP contribution < -0.4 is 15.0 Å². The lowest BCUT2D eigenvalue weighted by Gasteiger charge is -2.17. The number of halogens is 2. The number of benzene rings is 3. The first-order valence-corrected chi connectivity index (χ1v) is 13.6. The number of nitrogens with zero attached hydrogens (tertiary/aromatic N) is 3.